The van der Waals surface area contributed by atoms with E-state index in [1.807, 2.05) is 64.1 Å². The molecule has 0 heterocycles. The third-order valence-corrected chi connectivity index (χ3v) is 7.97. The first kappa shape index (κ1) is 35.8. The van der Waals surface area contributed by atoms with Crippen molar-refractivity contribution in [3.8, 4) is 11.1 Å². The lowest BCUT2D eigenvalue weighted by Crippen LogP contribution is -2.32. The Hall–Kier alpha value is -5.06. The van der Waals surface area contributed by atoms with Gasteiger partial charge in [-0.05, 0) is 100 Å². The van der Waals surface area contributed by atoms with Crippen LogP contribution in [0, 0.1) is 27.7 Å². The number of carbonyl (C=O) groups is 4. The van der Waals surface area contributed by atoms with E-state index in [1.54, 1.807) is 24.3 Å². The average molecular weight is 686 g/mol. The van der Waals surface area contributed by atoms with E-state index < -0.39 is 35.5 Å². The highest BCUT2D eigenvalue weighted by molar-refractivity contribution is 6.36. The first-order chi connectivity index (χ1) is 22.7. The number of nitrogens with one attached hydrogen (secondary N) is 2. The van der Waals surface area contributed by atoms with E-state index >= 15 is 0 Å². The molecule has 246 valence electrons. The number of aryl methyl sites for hydroxylation is 4. The lowest BCUT2D eigenvalue weighted by Gasteiger charge is -2.12. The van der Waals surface area contributed by atoms with Gasteiger partial charge in [-0.3, -0.25) is 19.2 Å². The molecule has 0 spiro atoms. The van der Waals surface area contributed by atoms with Crippen molar-refractivity contribution >= 4 is 69.3 Å². The van der Waals surface area contributed by atoms with Crippen LogP contribution < -0.4 is 10.6 Å². The van der Waals surface area contributed by atoms with Crippen LogP contribution in [0.3, 0.4) is 0 Å². The van der Waals surface area contributed by atoms with Gasteiger partial charge in [0.1, 0.15) is 0 Å². The van der Waals surface area contributed by atoms with Crippen LogP contribution >= 0.6 is 23.2 Å². The van der Waals surface area contributed by atoms with Crippen molar-refractivity contribution < 1.29 is 19.2 Å². The third kappa shape index (κ3) is 9.05. The van der Waals surface area contributed by atoms with Gasteiger partial charge in [0.2, 0.25) is 12.1 Å². The zero-order valence-electron chi connectivity index (χ0n) is 27.3. The van der Waals surface area contributed by atoms with Gasteiger partial charge in [-0.25, -0.2) is 0 Å². The molecule has 2 amide bonds. The number of carbonyl (C=O) groups excluding carboxylic acids is 4. The topological polar surface area (TPSA) is 142 Å². The lowest BCUT2D eigenvalue weighted by molar-refractivity contribution is -0.127. The molecular weight excluding hydrogens is 651 g/mol. The van der Waals surface area contributed by atoms with Crippen molar-refractivity contribution in [2.45, 2.75) is 53.6 Å². The number of rotatable bonds is 11. The first-order valence-corrected chi connectivity index (χ1v) is 15.7. The molecule has 4 aromatic rings. The van der Waals surface area contributed by atoms with Crippen molar-refractivity contribution in [3.05, 3.63) is 105 Å². The van der Waals surface area contributed by atoms with E-state index in [9.17, 15) is 19.2 Å². The van der Waals surface area contributed by atoms with Crippen LogP contribution in [0.15, 0.2) is 93.3 Å². The van der Waals surface area contributed by atoms with E-state index in [1.165, 1.54) is 26.0 Å². The quantitative estimate of drug-likeness (QED) is 0.120. The minimum atomic E-state index is -1.35. The second-order valence-electron chi connectivity index (χ2n) is 11.4. The minimum Gasteiger partial charge on any atom is -0.324 e. The number of hydrogen-bond donors (Lipinski definition) is 2. The van der Waals surface area contributed by atoms with Crippen molar-refractivity contribution in [1.82, 2.24) is 0 Å². The number of azo groups is 2. The second-order valence-corrected chi connectivity index (χ2v) is 12.2. The minimum absolute atomic E-state index is 0.293. The highest BCUT2D eigenvalue weighted by Gasteiger charge is 2.25. The summed E-state index contributed by atoms with van der Waals surface area (Å²) in [5, 5.41) is 22.3. The maximum atomic E-state index is 12.9. The molecule has 0 aliphatic carbocycles. The molecule has 2 unspecified atom stereocenters. The average Bonchev–Trinajstić information content (AvgIpc) is 3.01. The predicted octanol–water partition coefficient (Wildman–Crippen LogP) is 9.25. The molecule has 0 aliphatic heterocycles. The smallest absolute Gasteiger partial charge is 0.258 e. The zero-order valence-corrected chi connectivity index (χ0v) is 28.8. The molecule has 0 aliphatic rings. The Bertz CT molecular complexity index is 1830. The monoisotopic (exact) mass is 684 g/mol. The number of ketones is 2. The summed E-state index contributed by atoms with van der Waals surface area (Å²) in [7, 11) is 0. The Morgan fingerprint density at radius 2 is 0.938 bits per heavy atom. The molecule has 4 aromatic carbocycles. The fourth-order valence-electron chi connectivity index (χ4n) is 4.60. The molecule has 12 heteroatoms. The summed E-state index contributed by atoms with van der Waals surface area (Å²) in [6.45, 7) is 10.1. The molecule has 0 fully saturated rings. The van der Waals surface area contributed by atoms with Gasteiger partial charge in [0.25, 0.3) is 11.8 Å². The predicted molar refractivity (Wildman–Crippen MR) is 189 cm³/mol. The number of Topliss-reactive ketones (excluding diaryl/α,β-unsaturated/α-hetero) is 2. The molecule has 2 atom stereocenters. The standard InChI is InChI=1S/C36H34Cl2N6O4/c1-19-7-9-21(3)31(15-19)39-35(47)33(23(5)45)43-41-25-11-13-27(29(37)17-25)28-14-12-26(18-30(28)38)42-44-34(24(6)46)36(48)40-32-16-20(2)8-10-22(32)4/h7-18,33-34H,1-6H3,(H,39,47)(H,40,48). The van der Waals surface area contributed by atoms with Crippen LogP contribution in [0.5, 0.6) is 0 Å². The van der Waals surface area contributed by atoms with Gasteiger partial charge < -0.3 is 10.6 Å². The Kier molecular flexibility index (Phi) is 11.7. The summed E-state index contributed by atoms with van der Waals surface area (Å²) in [5.41, 5.74) is 6.61. The maximum Gasteiger partial charge on any atom is 0.258 e. The highest BCUT2D eigenvalue weighted by atomic mass is 35.5. The van der Waals surface area contributed by atoms with Crippen LogP contribution in [0.4, 0.5) is 22.7 Å². The second kappa shape index (κ2) is 15.7. The van der Waals surface area contributed by atoms with Gasteiger partial charge >= 0.3 is 0 Å². The van der Waals surface area contributed by atoms with Gasteiger partial charge in [-0.15, -0.1) is 0 Å². The van der Waals surface area contributed by atoms with Crippen LogP contribution in [0.1, 0.15) is 36.1 Å². The van der Waals surface area contributed by atoms with Crippen molar-refractivity contribution in [2.24, 2.45) is 20.5 Å². The van der Waals surface area contributed by atoms with Crippen LogP contribution in [0.2, 0.25) is 10.0 Å². The number of benzene rings is 4. The normalized spacial score (nSPS) is 12.6. The largest absolute Gasteiger partial charge is 0.324 e. The Balaban J connectivity index is 1.48. The molecule has 0 saturated carbocycles. The first-order valence-electron chi connectivity index (χ1n) is 14.9. The van der Waals surface area contributed by atoms with Gasteiger partial charge in [0.05, 0.1) is 21.4 Å². The number of halogens is 2. The van der Waals surface area contributed by atoms with Gasteiger partial charge in [-0.2, -0.15) is 20.5 Å². The molecule has 0 aromatic heterocycles. The molecule has 10 nitrogen and oxygen atoms in total. The summed E-state index contributed by atoms with van der Waals surface area (Å²) in [6.07, 6.45) is 0. The fourth-order valence-corrected chi connectivity index (χ4v) is 5.15. The van der Waals surface area contributed by atoms with E-state index in [4.69, 9.17) is 23.2 Å². The van der Waals surface area contributed by atoms with Gasteiger partial charge in [0.15, 0.2) is 11.6 Å². The SMILES string of the molecule is CC(=O)C(N=Nc1ccc(-c2ccc(N=NC(C(C)=O)C(=O)Nc3cc(C)ccc3C)cc2Cl)c(Cl)c1)C(=O)Nc1cc(C)ccc1C. The number of anilines is 2. The molecule has 4 rings (SSSR count). The lowest BCUT2D eigenvalue weighted by atomic mass is 10.0. The van der Waals surface area contributed by atoms with Crippen molar-refractivity contribution in [3.63, 3.8) is 0 Å². The number of nitrogens with zero attached hydrogens (tertiary/aromatic N) is 4. The Morgan fingerprint density at radius 3 is 1.27 bits per heavy atom. The van der Waals surface area contributed by atoms with E-state index in [0.29, 0.717) is 43.9 Å². The molecule has 0 radical (unpaired) electrons. The summed E-state index contributed by atoms with van der Waals surface area (Å²) in [6, 6.07) is 18.2. The summed E-state index contributed by atoms with van der Waals surface area (Å²) in [5.74, 6) is -2.12. The Labute approximate surface area is 288 Å². The molecular formula is C36H34Cl2N6O4. The van der Waals surface area contributed by atoms with Gasteiger partial charge in [-0.1, -0.05) is 59.6 Å². The number of amides is 2. The molecule has 0 bridgehead atoms. The van der Waals surface area contributed by atoms with E-state index in [-0.39, 0.29) is 0 Å². The van der Waals surface area contributed by atoms with Crippen LogP contribution in [0.25, 0.3) is 11.1 Å². The van der Waals surface area contributed by atoms with E-state index in [0.717, 1.165) is 22.3 Å². The highest BCUT2D eigenvalue weighted by Crippen LogP contribution is 2.37. The van der Waals surface area contributed by atoms with Gasteiger partial charge in [0, 0.05) is 22.5 Å². The summed E-state index contributed by atoms with van der Waals surface area (Å²) >= 11 is 13.2. The molecule has 48 heavy (non-hydrogen) atoms. The van der Waals surface area contributed by atoms with Crippen molar-refractivity contribution in [1.29, 1.82) is 0 Å². The van der Waals surface area contributed by atoms with Crippen molar-refractivity contribution in [2.75, 3.05) is 10.6 Å². The van der Waals surface area contributed by atoms with E-state index in [2.05, 4.69) is 31.1 Å². The number of hydrogen-bond acceptors (Lipinski definition) is 8. The third-order valence-electron chi connectivity index (χ3n) is 7.34. The van der Waals surface area contributed by atoms with Crippen LogP contribution in [-0.4, -0.2) is 35.5 Å². The molecule has 0 saturated heterocycles. The summed E-state index contributed by atoms with van der Waals surface area (Å²) < 4.78 is 0. The fraction of sp³-hybridized carbons (Fsp3) is 0.222. The maximum absolute atomic E-state index is 12.9. The van der Waals surface area contributed by atoms with Crippen LogP contribution in [-0.2, 0) is 19.2 Å². The zero-order chi connectivity index (χ0) is 35.1. The molecule has 2 N–H and O–H groups in total. The Morgan fingerprint density at radius 1 is 0.562 bits per heavy atom. The summed E-state index contributed by atoms with van der Waals surface area (Å²) in [4.78, 5) is 50.3.